The van der Waals surface area contributed by atoms with E-state index < -0.39 is 0 Å². The predicted molar refractivity (Wildman–Crippen MR) is 57.2 cm³/mol. The van der Waals surface area contributed by atoms with Crippen LogP contribution in [0, 0.1) is 17.8 Å². The van der Waals surface area contributed by atoms with Gasteiger partial charge in [0, 0.05) is 0 Å². The van der Waals surface area contributed by atoms with E-state index in [9.17, 15) is 0 Å². The summed E-state index contributed by atoms with van der Waals surface area (Å²) in [6.07, 6.45) is 6.33. The fourth-order valence-corrected chi connectivity index (χ4v) is 1.90. The van der Waals surface area contributed by atoms with E-state index in [4.69, 9.17) is 0 Å². The summed E-state index contributed by atoms with van der Waals surface area (Å²) in [6, 6.07) is 0. The Morgan fingerprint density at radius 3 is 2.17 bits per heavy atom. The molecule has 1 aliphatic carbocycles. The Morgan fingerprint density at radius 1 is 1.17 bits per heavy atom. The Morgan fingerprint density at radius 2 is 1.75 bits per heavy atom. The predicted octanol–water partition coefficient (Wildman–Crippen LogP) is 4.27. The minimum atomic E-state index is 0.795. The molecule has 0 heteroatoms. The van der Waals surface area contributed by atoms with E-state index in [0.717, 1.165) is 17.8 Å². The van der Waals surface area contributed by atoms with Crippen LogP contribution in [-0.4, -0.2) is 0 Å². The van der Waals surface area contributed by atoms with Gasteiger partial charge in [-0.05, 0) is 30.6 Å². The first-order valence-corrected chi connectivity index (χ1v) is 5.36. The molecule has 3 atom stereocenters. The zero-order valence-corrected chi connectivity index (χ0v) is 9.14. The largest absolute Gasteiger partial charge is 0.103 e. The number of allylic oxidation sites excluding steroid dienone is 1. The average molecular weight is 168 g/mol. The highest BCUT2D eigenvalue weighted by Crippen LogP contribution is 2.33. The molecule has 0 aliphatic heterocycles. The average Bonchev–Trinajstić information content (AvgIpc) is 2.13. The van der Waals surface area contributed by atoms with Crippen molar-refractivity contribution in [1.82, 2.24) is 0 Å². The third-order valence-corrected chi connectivity index (χ3v) is 2.82. The normalized spacial score (nSPS) is 34.8. The van der Waals surface area contributed by atoms with Gasteiger partial charge in [0.15, 0.2) is 0 Å². The molecule has 0 N–H and O–H groups in total. The van der Waals surface area contributed by atoms with Gasteiger partial charge in [-0.1, -0.05) is 40.2 Å². The molecular formula is C12H24. The lowest BCUT2D eigenvalue weighted by Gasteiger charge is -2.30. The second-order valence-electron chi connectivity index (χ2n) is 3.80. The van der Waals surface area contributed by atoms with E-state index in [1.165, 1.54) is 19.3 Å². The molecule has 1 saturated carbocycles. The lowest BCUT2D eigenvalue weighted by Crippen LogP contribution is -2.19. The van der Waals surface area contributed by atoms with Crippen LogP contribution in [0.5, 0.6) is 0 Å². The summed E-state index contributed by atoms with van der Waals surface area (Å²) in [5, 5.41) is 0. The molecule has 0 saturated heterocycles. The molecule has 0 spiro atoms. The molecule has 0 heterocycles. The number of rotatable bonds is 1. The molecule has 0 nitrogen and oxygen atoms in total. The van der Waals surface area contributed by atoms with Crippen LogP contribution in [0.2, 0.25) is 0 Å². The second kappa shape index (κ2) is 6.28. The zero-order valence-electron chi connectivity index (χ0n) is 9.14. The number of hydrogen-bond acceptors (Lipinski definition) is 0. The molecule has 1 fully saturated rings. The molecule has 1 aliphatic rings. The van der Waals surface area contributed by atoms with Crippen molar-refractivity contribution >= 4 is 0 Å². The standard InChI is InChI=1S/C10H18.C2H6/c1-4-10-7-8(2)5-6-9(10)3;1-2/h4,8-10H,1,5-7H2,2-3H3;1-2H3. The van der Waals surface area contributed by atoms with E-state index >= 15 is 0 Å². The Kier molecular flexibility index (Phi) is 6.14. The zero-order chi connectivity index (χ0) is 9.56. The van der Waals surface area contributed by atoms with Gasteiger partial charge in [0.05, 0.1) is 0 Å². The second-order valence-corrected chi connectivity index (χ2v) is 3.80. The summed E-state index contributed by atoms with van der Waals surface area (Å²) >= 11 is 0. The highest BCUT2D eigenvalue weighted by atomic mass is 14.3. The maximum atomic E-state index is 3.87. The van der Waals surface area contributed by atoms with Crippen LogP contribution < -0.4 is 0 Å². The minimum Gasteiger partial charge on any atom is -0.103 e. The van der Waals surface area contributed by atoms with Gasteiger partial charge in [-0.15, -0.1) is 6.58 Å². The van der Waals surface area contributed by atoms with Crippen molar-refractivity contribution in [3.63, 3.8) is 0 Å². The van der Waals surface area contributed by atoms with Gasteiger partial charge in [-0.3, -0.25) is 0 Å². The molecule has 1 rings (SSSR count). The van der Waals surface area contributed by atoms with Gasteiger partial charge < -0.3 is 0 Å². The van der Waals surface area contributed by atoms with E-state index in [1.807, 2.05) is 13.8 Å². The number of hydrogen-bond donors (Lipinski definition) is 0. The molecule has 3 unspecified atom stereocenters. The van der Waals surface area contributed by atoms with E-state index in [1.54, 1.807) is 0 Å². The highest BCUT2D eigenvalue weighted by Gasteiger charge is 2.22. The van der Waals surface area contributed by atoms with Crippen molar-refractivity contribution in [2.45, 2.75) is 47.0 Å². The maximum Gasteiger partial charge on any atom is -0.0208 e. The van der Waals surface area contributed by atoms with Gasteiger partial charge >= 0.3 is 0 Å². The first-order chi connectivity index (χ1) is 5.74. The molecule has 72 valence electrons. The molecule has 12 heavy (non-hydrogen) atoms. The van der Waals surface area contributed by atoms with Crippen molar-refractivity contribution in [2.24, 2.45) is 17.8 Å². The van der Waals surface area contributed by atoms with Gasteiger partial charge in [0.2, 0.25) is 0 Å². The highest BCUT2D eigenvalue weighted by molar-refractivity contribution is 4.87. The SMILES string of the molecule is C=CC1CC(C)CCC1C.CC. The topological polar surface area (TPSA) is 0 Å². The van der Waals surface area contributed by atoms with Crippen molar-refractivity contribution < 1.29 is 0 Å². The van der Waals surface area contributed by atoms with Gasteiger partial charge in [0.1, 0.15) is 0 Å². The molecule has 0 aromatic rings. The smallest absolute Gasteiger partial charge is 0.0208 e. The molecule has 0 bridgehead atoms. The Hall–Kier alpha value is -0.260. The molecule has 0 aromatic heterocycles. The van der Waals surface area contributed by atoms with Crippen molar-refractivity contribution in [2.75, 3.05) is 0 Å². The fraction of sp³-hybridized carbons (Fsp3) is 0.833. The summed E-state index contributed by atoms with van der Waals surface area (Å²) in [7, 11) is 0. The van der Waals surface area contributed by atoms with E-state index in [0.29, 0.717) is 0 Å². The third-order valence-electron chi connectivity index (χ3n) is 2.82. The lowest BCUT2D eigenvalue weighted by atomic mass is 9.76. The van der Waals surface area contributed by atoms with Gasteiger partial charge in [-0.25, -0.2) is 0 Å². The fourth-order valence-electron chi connectivity index (χ4n) is 1.90. The van der Waals surface area contributed by atoms with Gasteiger partial charge in [-0.2, -0.15) is 0 Å². The quantitative estimate of drug-likeness (QED) is 0.513. The molecule has 0 amide bonds. The van der Waals surface area contributed by atoms with Crippen molar-refractivity contribution in [3.8, 4) is 0 Å². The Labute approximate surface area is 78.1 Å². The third kappa shape index (κ3) is 3.42. The van der Waals surface area contributed by atoms with Crippen LogP contribution in [-0.2, 0) is 0 Å². The first-order valence-electron chi connectivity index (χ1n) is 5.36. The Bertz CT molecular complexity index is 115. The van der Waals surface area contributed by atoms with Gasteiger partial charge in [0.25, 0.3) is 0 Å². The molecule has 0 radical (unpaired) electrons. The van der Waals surface area contributed by atoms with E-state index in [2.05, 4.69) is 26.5 Å². The van der Waals surface area contributed by atoms with Crippen LogP contribution in [0.1, 0.15) is 47.0 Å². The summed E-state index contributed by atoms with van der Waals surface area (Å²) in [5.41, 5.74) is 0. The summed E-state index contributed by atoms with van der Waals surface area (Å²) in [5.74, 6) is 2.61. The van der Waals surface area contributed by atoms with E-state index in [-0.39, 0.29) is 0 Å². The van der Waals surface area contributed by atoms with Crippen LogP contribution in [0.3, 0.4) is 0 Å². The van der Waals surface area contributed by atoms with Crippen LogP contribution in [0.15, 0.2) is 12.7 Å². The lowest BCUT2D eigenvalue weighted by molar-refractivity contribution is 0.244. The maximum absolute atomic E-state index is 3.87. The monoisotopic (exact) mass is 168 g/mol. The minimum absolute atomic E-state index is 0.795. The van der Waals surface area contributed by atoms with Crippen LogP contribution in [0.4, 0.5) is 0 Å². The Balaban J connectivity index is 0.000000561. The molecular weight excluding hydrogens is 144 g/mol. The summed E-state index contributed by atoms with van der Waals surface area (Å²) in [4.78, 5) is 0. The first kappa shape index (κ1) is 11.7. The van der Waals surface area contributed by atoms with Crippen molar-refractivity contribution in [1.29, 1.82) is 0 Å². The van der Waals surface area contributed by atoms with Crippen LogP contribution in [0.25, 0.3) is 0 Å². The van der Waals surface area contributed by atoms with Crippen molar-refractivity contribution in [3.05, 3.63) is 12.7 Å². The summed E-state index contributed by atoms with van der Waals surface area (Å²) < 4.78 is 0. The summed E-state index contributed by atoms with van der Waals surface area (Å²) in [6.45, 7) is 12.6. The van der Waals surface area contributed by atoms with Crippen LogP contribution >= 0.6 is 0 Å². The molecule has 0 aromatic carbocycles.